The number of benzene rings is 3. The van der Waals surface area contributed by atoms with Crippen LogP contribution in [0.4, 0.5) is 5.69 Å². The van der Waals surface area contributed by atoms with E-state index in [1.165, 1.54) is 15.1 Å². The van der Waals surface area contributed by atoms with Crippen LogP contribution in [0.25, 0.3) is 49.2 Å². The first kappa shape index (κ1) is 31.3. The van der Waals surface area contributed by atoms with Crippen molar-refractivity contribution in [2.45, 2.75) is 82.4 Å². The van der Waals surface area contributed by atoms with Gasteiger partial charge >= 0.3 is 185 Å². The van der Waals surface area contributed by atoms with Gasteiger partial charge in [-0.1, -0.05) is 53.3 Å². The molecule has 5 aromatic rings. The van der Waals surface area contributed by atoms with Gasteiger partial charge < -0.3 is 6.57 Å². The fraction of sp³-hybridized carbons (Fsp3) is 0.368. The minimum absolute atomic E-state index is 0.200. The number of fused-ring (bicyclic) bond motifs is 3. The maximum absolute atomic E-state index is 8.05. The third kappa shape index (κ3) is 5.09. The summed E-state index contributed by atoms with van der Waals surface area (Å²) >= 11 is -1.97. The van der Waals surface area contributed by atoms with Crippen LogP contribution >= 0.6 is 0 Å². The molecule has 0 aliphatic rings. The molecule has 0 radical (unpaired) electrons. The molecule has 0 aliphatic heterocycles. The monoisotopic (exact) mass is 649 g/mol. The second-order valence-electron chi connectivity index (χ2n) is 15.6. The van der Waals surface area contributed by atoms with Crippen LogP contribution in [-0.2, 0) is 7.05 Å². The van der Waals surface area contributed by atoms with Gasteiger partial charge in [-0.3, -0.25) is 0 Å². The van der Waals surface area contributed by atoms with Gasteiger partial charge in [0.05, 0.1) is 8.07 Å². The molecule has 2 heterocycles. The molecular formula is C38H47GeN2OSi+. The van der Waals surface area contributed by atoms with Crippen LogP contribution in [0, 0.1) is 13.5 Å². The van der Waals surface area contributed by atoms with Crippen molar-refractivity contribution in [2.24, 2.45) is 7.05 Å². The summed E-state index contributed by atoms with van der Waals surface area (Å²) in [5.74, 6) is 7.29. The molecule has 5 rings (SSSR count). The van der Waals surface area contributed by atoms with Gasteiger partial charge in [-0.25, -0.2) is 0 Å². The standard InChI is InChI=1S/C38H47GeN2OSi/c1-25-14-20-29-30-21-22-31(40-11)34(26-15-18-28(19-16-26)43(13,37(2,3)4)38(5,6)7)36(30)42-35(29)33(25)32-23-17-27(24-41(32)12)39(8,9)10/h14-24H,1-10,12-13H3/q+1. The normalized spacial score (nSPS) is 13.1. The molecule has 5 heteroatoms. The van der Waals surface area contributed by atoms with Crippen molar-refractivity contribution in [2.75, 3.05) is 0 Å². The molecule has 3 nitrogen and oxygen atoms in total. The summed E-state index contributed by atoms with van der Waals surface area (Å²) in [6.07, 6.45) is 2.31. The first-order chi connectivity index (χ1) is 19.9. The van der Waals surface area contributed by atoms with Crippen LogP contribution in [-0.4, -0.2) is 21.3 Å². The molecule has 0 fully saturated rings. The van der Waals surface area contributed by atoms with Crippen molar-refractivity contribution in [1.29, 1.82) is 0 Å². The van der Waals surface area contributed by atoms with E-state index >= 15 is 0 Å². The number of aromatic nitrogens is 1. The Balaban J connectivity index is 1.75. The first-order valence-corrected chi connectivity index (χ1v) is 25.2. The van der Waals surface area contributed by atoms with Gasteiger partial charge in [0.2, 0.25) is 0 Å². The Morgan fingerprint density at radius 3 is 1.84 bits per heavy atom. The molecule has 3 aromatic carbocycles. The number of pyridine rings is 1. The summed E-state index contributed by atoms with van der Waals surface area (Å²) in [5.41, 5.74) is 7.65. The van der Waals surface area contributed by atoms with Crippen LogP contribution in [0.5, 0.6) is 0 Å². The zero-order chi connectivity index (χ0) is 31.7. The molecule has 0 bridgehead atoms. The number of rotatable bonds is 4. The number of hydrogen-bond donors (Lipinski definition) is 0. The summed E-state index contributed by atoms with van der Waals surface area (Å²) in [5, 5.41) is 3.99. The Morgan fingerprint density at radius 2 is 1.33 bits per heavy atom. The Labute approximate surface area is 262 Å². The number of aryl methyl sites for hydroxylation is 2. The van der Waals surface area contributed by atoms with E-state index in [4.69, 9.17) is 11.0 Å². The summed E-state index contributed by atoms with van der Waals surface area (Å²) in [7, 11) is 0.233. The predicted octanol–water partition coefficient (Wildman–Crippen LogP) is 10.0. The van der Waals surface area contributed by atoms with Gasteiger partial charge in [-0.05, 0) is 10.1 Å². The number of furan rings is 1. The molecule has 0 aliphatic carbocycles. The van der Waals surface area contributed by atoms with E-state index in [0.29, 0.717) is 5.69 Å². The Bertz CT molecular complexity index is 1890. The molecule has 0 spiro atoms. The van der Waals surface area contributed by atoms with Gasteiger partial charge in [0.15, 0.2) is 0 Å². The van der Waals surface area contributed by atoms with E-state index in [1.807, 2.05) is 6.07 Å². The summed E-state index contributed by atoms with van der Waals surface area (Å²) < 4.78 is 10.6. The average molecular weight is 649 g/mol. The fourth-order valence-electron chi connectivity index (χ4n) is 6.95. The molecule has 0 saturated heterocycles. The van der Waals surface area contributed by atoms with Crippen LogP contribution in [0.3, 0.4) is 0 Å². The van der Waals surface area contributed by atoms with E-state index in [1.54, 1.807) is 0 Å². The van der Waals surface area contributed by atoms with E-state index < -0.39 is 21.3 Å². The predicted molar refractivity (Wildman–Crippen MR) is 190 cm³/mol. The second-order valence-corrected chi connectivity index (χ2v) is 32.0. The van der Waals surface area contributed by atoms with Gasteiger partial charge in [0.25, 0.3) is 0 Å². The van der Waals surface area contributed by atoms with Crippen molar-refractivity contribution < 1.29 is 8.98 Å². The zero-order valence-corrected chi connectivity index (χ0v) is 31.3. The van der Waals surface area contributed by atoms with E-state index in [9.17, 15) is 0 Å². The van der Waals surface area contributed by atoms with Crippen LogP contribution in [0.15, 0.2) is 71.3 Å². The van der Waals surface area contributed by atoms with Crippen LogP contribution in [0.2, 0.25) is 33.9 Å². The first-order valence-electron chi connectivity index (χ1n) is 15.4. The topological polar surface area (TPSA) is 21.4 Å². The SMILES string of the molecule is [C-]#[N+]c1ccc2c(oc3c(-c4cc[c]([Ge]([CH3])([CH3])[CH3])c[n+]4C)c(C)ccc32)c1-c1ccc([Si](C)(C(C)(C)C)C(C)(C)C)cc1. The Kier molecular flexibility index (Phi) is 7.64. The molecule has 0 N–H and O–H groups in total. The molecule has 0 amide bonds. The molecule has 0 saturated carbocycles. The molecule has 43 heavy (non-hydrogen) atoms. The van der Waals surface area contributed by atoms with Crippen molar-refractivity contribution in [3.63, 3.8) is 0 Å². The van der Waals surface area contributed by atoms with E-state index in [-0.39, 0.29) is 10.1 Å². The maximum atomic E-state index is 8.05. The van der Waals surface area contributed by atoms with Crippen LogP contribution < -0.4 is 14.1 Å². The third-order valence-electron chi connectivity index (χ3n) is 10.1. The second kappa shape index (κ2) is 10.5. The van der Waals surface area contributed by atoms with Gasteiger partial charge in [0.1, 0.15) is 0 Å². The van der Waals surface area contributed by atoms with Crippen molar-refractivity contribution in [3.8, 4) is 22.4 Å². The Morgan fingerprint density at radius 1 is 0.767 bits per heavy atom. The quantitative estimate of drug-likeness (QED) is 0.108. The van der Waals surface area contributed by atoms with Crippen molar-refractivity contribution in [3.05, 3.63) is 83.8 Å². The fourth-order valence-corrected chi connectivity index (χ4v) is 14.2. The minimum atomic E-state index is -1.97. The summed E-state index contributed by atoms with van der Waals surface area (Å²) in [6, 6.07) is 22.0. The third-order valence-corrected chi connectivity index (χ3v) is 21.9. The van der Waals surface area contributed by atoms with Crippen LogP contribution in [0.1, 0.15) is 47.1 Å². The number of nitrogens with zero attached hydrogens (tertiary/aromatic N) is 2. The van der Waals surface area contributed by atoms with Crippen molar-refractivity contribution >= 4 is 58.5 Å². The molecular weight excluding hydrogens is 601 g/mol. The molecule has 0 atom stereocenters. The van der Waals surface area contributed by atoms with Crippen molar-refractivity contribution in [1.82, 2.24) is 0 Å². The van der Waals surface area contributed by atoms with Gasteiger partial charge in [-0.15, -0.1) is 0 Å². The van der Waals surface area contributed by atoms with Gasteiger partial charge in [-0.2, -0.15) is 0 Å². The zero-order valence-electron chi connectivity index (χ0n) is 28.2. The molecule has 222 valence electrons. The molecule has 0 unspecified atom stereocenters. The Hall–Kier alpha value is -3.14. The van der Waals surface area contributed by atoms with E-state index in [0.717, 1.165) is 44.3 Å². The summed E-state index contributed by atoms with van der Waals surface area (Å²) in [4.78, 5) is 3.96. The average Bonchev–Trinajstić information content (AvgIpc) is 3.29. The van der Waals surface area contributed by atoms with Gasteiger partial charge in [0, 0.05) is 0 Å². The number of hydrogen-bond acceptors (Lipinski definition) is 1. The summed E-state index contributed by atoms with van der Waals surface area (Å²) in [6.45, 7) is 27.1. The van der Waals surface area contributed by atoms with E-state index in [2.05, 4.69) is 150 Å². The molecule has 2 aromatic heterocycles.